The molecule has 2 aromatic rings. The van der Waals surface area contributed by atoms with Gasteiger partial charge in [0.25, 0.3) is 0 Å². The molecule has 0 radical (unpaired) electrons. The van der Waals surface area contributed by atoms with E-state index in [0.29, 0.717) is 0 Å². The first kappa shape index (κ1) is 15.6. The summed E-state index contributed by atoms with van der Waals surface area (Å²) in [6.07, 6.45) is 1.03. The Kier molecular flexibility index (Phi) is 5.00. The van der Waals surface area contributed by atoms with E-state index in [-0.39, 0.29) is 0 Å². The van der Waals surface area contributed by atoms with Crippen LogP contribution in [0.2, 0.25) is 0 Å². The van der Waals surface area contributed by atoms with Crippen molar-refractivity contribution in [2.24, 2.45) is 5.10 Å². The molecular weight excluding hydrogens is 381 g/mol. The number of amides is 1. The summed E-state index contributed by atoms with van der Waals surface area (Å²) in [5.74, 6) is 0. The van der Waals surface area contributed by atoms with Gasteiger partial charge in [0, 0.05) is 26.2 Å². The van der Waals surface area contributed by atoms with E-state index in [1.165, 1.54) is 10.7 Å². The Bertz CT molecular complexity index is 675. The molecule has 0 aliphatic rings. The van der Waals surface area contributed by atoms with E-state index in [1.807, 2.05) is 19.9 Å². The molecule has 1 N–H and O–H groups in total. The van der Waals surface area contributed by atoms with Crippen LogP contribution in [-0.4, -0.2) is 24.0 Å². The fraction of sp³-hybridized carbons (Fsp3) is 0.200. The van der Waals surface area contributed by atoms with Crippen LogP contribution in [0.1, 0.15) is 17.0 Å². The quantitative estimate of drug-likeness (QED) is 0.491. The van der Waals surface area contributed by atoms with Gasteiger partial charge in [-0.3, -0.25) is 0 Å². The SMILES string of the molecule is COC(=O)NN=Cc1cc(C)n(-c2ccc(I)cc2)c1C. The van der Waals surface area contributed by atoms with Crippen LogP contribution in [0, 0.1) is 17.4 Å². The average Bonchev–Trinajstić information content (AvgIpc) is 2.75. The first-order chi connectivity index (χ1) is 10.0. The average molecular weight is 397 g/mol. The number of nitrogens with zero attached hydrogens (tertiary/aromatic N) is 2. The Morgan fingerprint density at radius 3 is 2.62 bits per heavy atom. The third-order valence-corrected chi connectivity index (χ3v) is 3.82. The Morgan fingerprint density at radius 2 is 2.00 bits per heavy atom. The number of carbonyl (C=O) groups is 1. The van der Waals surface area contributed by atoms with Crippen molar-refractivity contribution < 1.29 is 9.53 Å². The summed E-state index contributed by atoms with van der Waals surface area (Å²) in [6, 6.07) is 10.3. The number of aryl methyl sites for hydroxylation is 1. The van der Waals surface area contributed by atoms with Crippen LogP contribution in [0.25, 0.3) is 5.69 Å². The molecule has 0 saturated carbocycles. The number of hydrogen-bond donors (Lipinski definition) is 1. The van der Waals surface area contributed by atoms with Gasteiger partial charge in [0.05, 0.1) is 13.3 Å². The molecule has 0 atom stereocenters. The Balaban J connectivity index is 2.29. The lowest BCUT2D eigenvalue weighted by Gasteiger charge is -2.09. The van der Waals surface area contributed by atoms with E-state index >= 15 is 0 Å². The summed E-state index contributed by atoms with van der Waals surface area (Å²) in [5, 5.41) is 3.87. The summed E-state index contributed by atoms with van der Waals surface area (Å²) in [6.45, 7) is 4.06. The molecule has 1 heterocycles. The fourth-order valence-corrected chi connectivity index (χ4v) is 2.47. The number of hydrogen-bond acceptors (Lipinski definition) is 3. The van der Waals surface area contributed by atoms with E-state index < -0.39 is 6.09 Å². The van der Waals surface area contributed by atoms with Gasteiger partial charge in [-0.2, -0.15) is 5.10 Å². The van der Waals surface area contributed by atoms with E-state index in [2.05, 4.69) is 66.7 Å². The van der Waals surface area contributed by atoms with E-state index in [0.717, 1.165) is 22.6 Å². The van der Waals surface area contributed by atoms with Crippen LogP contribution in [0.3, 0.4) is 0 Å². The van der Waals surface area contributed by atoms with E-state index in [9.17, 15) is 4.79 Å². The van der Waals surface area contributed by atoms with Gasteiger partial charge >= 0.3 is 6.09 Å². The van der Waals surface area contributed by atoms with Gasteiger partial charge in [-0.25, -0.2) is 10.2 Å². The van der Waals surface area contributed by atoms with E-state index in [4.69, 9.17) is 0 Å². The zero-order chi connectivity index (χ0) is 15.4. The number of aromatic nitrogens is 1. The summed E-state index contributed by atoms with van der Waals surface area (Å²) < 4.78 is 7.80. The highest BCUT2D eigenvalue weighted by atomic mass is 127. The van der Waals surface area contributed by atoms with Gasteiger partial charge in [-0.05, 0) is 66.8 Å². The summed E-state index contributed by atoms with van der Waals surface area (Å²) in [4.78, 5) is 11.0. The lowest BCUT2D eigenvalue weighted by Crippen LogP contribution is -2.16. The summed E-state index contributed by atoms with van der Waals surface area (Å²) >= 11 is 2.28. The maximum atomic E-state index is 11.0. The minimum Gasteiger partial charge on any atom is -0.452 e. The van der Waals surface area contributed by atoms with Crippen molar-refractivity contribution in [2.45, 2.75) is 13.8 Å². The molecule has 5 nitrogen and oxygen atoms in total. The minimum absolute atomic E-state index is 0.585. The molecule has 0 bridgehead atoms. The first-order valence-corrected chi connectivity index (χ1v) is 7.42. The maximum absolute atomic E-state index is 11.0. The number of carbonyl (C=O) groups excluding carboxylic acids is 1. The third-order valence-electron chi connectivity index (χ3n) is 3.10. The highest BCUT2D eigenvalue weighted by molar-refractivity contribution is 14.1. The molecule has 1 amide bonds. The second kappa shape index (κ2) is 6.75. The molecular formula is C15H16IN3O2. The van der Waals surface area contributed by atoms with Gasteiger partial charge in [-0.15, -0.1) is 0 Å². The van der Waals surface area contributed by atoms with Gasteiger partial charge in [-0.1, -0.05) is 0 Å². The topological polar surface area (TPSA) is 55.6 Å². The predicted octanol–water partition coefficient (Wildman–Crippen LogP) is 3.39. The Labute approximate surface area is 137 Å². The second-order valence-electron chi connectivity index (χ2n) is 4.50. The Morgan fingerprint density at radius 1 is 1.33 bits per heavy atom. The highest BCUT2D eigenvalue weighted by Gasteiger charge is 2.09. The molecule has 0 fully saturated rings. The van der Waals surface area contributed by atoms with Crippen LogP contribution in [0.5, 0.6) is 0 Å². The monoisotopic (exact) mass is 397 g/mol. The van der Waals surface area contributed by atoms with Gasteiger partial charge in [0.2, 0.25) is 0 Å². The maximum Gasteiger partial charge on any atom is 0.427 e. The van der Waals surface area contributed by atoms with Crippen molar-refractivity contribution in [1.29, 1.82) is 0 Å². The second-order valence-corrected chi connectivity index (χ2v) is 5.75. The predicted molar refractivity (Wildman–Crippen MR) is 91.1 cm³/mol. The number of rotatable bonds is 3. The van der Waals surface area contributed by atoms with Crippen molar-refractivity contribution in [3.8, 4) is 5.69 Å². The van der Waals surface area contributed by atoms with Crippen LogP contribution in [0.15, 0.2) is 35.4 Å². The molecule has 6 heteroatoms. The molecule has 0 unspecified atom stereocenters. The van der Waals surface area contributed by atoms with Gasteiger partial charge < -0.3 is 9.30 Å². The molecule has 1 aromatic heterocycles. The Hall–Kier alpha value is -1.83. The van der Waals surface area contributed by atoms with E-state index in [1.54, 1.807) is 6.21 Å². The van der Waals surface area contributed by atoms with Crippen molar-refractivity contribution in [3.63, 3.8) is 0 Å². The molecule has 110 valence electrons. The van der Waals surface area contributed by atoms with Crippen molar-refractivity contribution in [3.05, 3.63) is 50.9 Å². The zero-order valence-corrected chi connectivity index (χ0v) is 14.2. The lowest BCUT2D eigenvalue weighted by molar-refractivity contribution is 0.171. The molecule has 0 aliphatic carbocycles. The summed E-state index contributed by atoms with van der Waals surface area (Å²) in [7, 11) is 1.30. The molecule has 0 aliphatic heterocycles. The van der Waals surface area contributed by atoms with Crippen LogP contribution in [-0.2, 0) is 4.74 Å². The van der Waals surface area contributed by atoms with Crippen LogP contribution in [0.4, 0.5) is 4.79 Å². The molecule has 21 heavy (non-hydrogen) atoms. The lowest BCUT2D eigenvalue weighted by atomic mass is 10.2. The molecule has 0 saturated heterocycles. The standard InChI is InChI=1S/C15H16IN3O2/c1-10-8-12(9-17-18-15(20)21-3)11(2)19(10)14-6-4-13(16)5-7-14/h4-9H,1-3H3,(H,18,20). The number of nitrogens with one attached hydrogen (secondary N) is 1. The third kappa shape index (κ3) is 3.63. The fourth-order valence-electron chi connectivity index (χ4n) is 2.11. The minimum atomic E-state index is -0.585. The summed E-state index contributed by atoms with van der Waals surface area (Å²) in [5.41, 5.74) is 6.50. The first-order valence-electron chi connectivity index (χ1n) is 6.35. The molecule has 2 rings (SSSR count). The smallest absolute Gasteiger partial charge is 0.427 e. The normalized spacial score (nSPS) is 10.9. The molecule has 1 aromatic carbocycles. The van der Waals surface area contributed by atoms with Crippen LogP contribution >= 0.6 is 22.6 Å². The van der Waals surface area contributed by atoms with Gasteiger partial charge in [0.1, 0.15) is 0 Å². The molecule has 0 spiro atoms. The number of halogens is 1. The number of benzene rings is 1. The van der Waals surface area contributed by atoms with Crippen molar-refractivity contribution >= 4 is 34.9 Å². The number of hydrazone groups is 1. The largest absolute Gasteiger partial charge is 0.452 e. The van der Waals surface area contributed by atoms with Crippen molar-refractivity contribution in [1.82, 2.24) is 9.99 Å². The zero-order valence-electron chi connectivity index (χ0n) is 12.1. The van der Waals surface area contributed by atoms with Crippen LogP contribution < -0.4 is 5.43 Å². The number of methoxy groups -OCH3 is 1. The van der Waals surface area contributed by atoms with Crippen molar-refractivity contribution in [2.75, 3.05) is 7.11 Å². The highest BCUT2D eigenvalue weighted by Crippen LogP contribution is 2.20. The number of ether oxygens (including phenoxy) is 1. The van der Waals surface area contributed by atoms with Gasteiger partial charge in [0.15, 0.2) is 0 Å².